The molecular weight excluding hydrogens is 405 g/mol. The lowest BCUT2D eigenvalue weighted by Crippen LogP contribution is -2.32. The van der Waals surface area contributed by atoms with Gasteiger partial charge in [0.2, 0.25) is 0 Å². The average molecular weight is 421 g/mol. The SMILES string of the molecule is C=CCN(c1cccc(Cl)c1C)S(=O)(=O)c1ccc(OC)c(Cl)c1Cl. The minimum absolute atomic E-state index is 0.0339. The number of benzene rings is 2. The predicted octanol–water partition coefficient (Wildman–Crippen LogP) is 5.35. The van der Waals surface area contributed by atoms with E-state index in [0.717, 1.165) is 0 Å². The number of methoxy groups -OCH3 is 1. The Labute approximate surface area is 162 Å². The average Bonchev–Trinajstić information content (AvgIpc) is 2.57. The van der Waals surface area contributed by atoms with E-state index in [2.05, 4.69) is 6.58 Å². The lowest BCUT2D eigenvalue weighted by Gasteiger charge is -2.26. The number of halogens is 3. The van der Waals surface area contributed by atoms with Crippen LogP contribution in [-0.2, 0) is 10.0 Å². The van der Waals surface area contributed by atoms with Gasteiger partial charge in [-0.2, -0.15) is 0 Å². The molecule has 0 N–H and O–H groups in total. The highest BCUT2D eigenvalue weighted by molar-refractivity contribution is 7.93. The fraction of sp³-hybridized carbons (Fsp3) is 0.176. The number of hydrogen-bond acceptors (Lipinski definition) is 3. The fourth-order valence-corrected chi connectivity index (χ4v) is 4.78. The maximum Gasteiger partial charge on any atom is 0.266 e. The van der Waals surface area contributed by atoms with Crippen molar-refractivity contribution in [3.8, 4) is 5.75 Å². The summed E-state index contributed by atoms with van der Waals surface area (Å²) in [5.41, 5.74) is 1.07. The van der Waals surface area contributed by atoms with Gasteiger partial charge in [0.1, 0.15) is 15.7 Å². The van der Waals surface area contributed by atoms with Crippen LogP contribution >= 0.6 is 34.8 Å². The van der Waals surface area contributed by atoms with Crippen molar-refractivity contribution in [2.75, 3.05) is 18.0 Å². The zero-order valence-electron chi connectivity index (χ0n) is 13.6. The molecule has 0 aliphatic carbocycles. The van der Waals surface area contributed by atoms with Crippen LogP contribution in [0.15, 0.2) is 47.9 Å². The first kappa shape index (κ1) is 19.9. The molecule has 0 amide bonds. The maximum atomic E-state index is 13.2. The molecule has 0 saturated heterocycles. The lowest BCUT2D eigenvalue weighted by atomic mass is 10.2. The molecular formula is C17H16Cl3NO3S. The first-order chi connectivity index (χ1) is 11.8. The Kier molecular flexibility index (Phi) is 6.27. The van der Waals surface area contributed by atoms with Crippen LogP contribution < -0.4 is 9.04 Å². The molecule has 0 aliphatic rings. The normalized spacial score (nSPS) is 11.2. The number of rotatable bonds is 6. The van der Waals surface area contributed by atoms with Crippen LogP contribution in [-0.4, -0.2) is 22.1 Å². The maximum absolute atomic E-state index is 13.2. The molecule has 4 nitrogen and oxygen atoms in total. The Morgan fingerprint density at radius 1 is 1.16 bits per heavy atom. The second-order valence-electron chi connectivity index (χ2n) is 5.10. The summed E-state index contributed by atoms with van der Waals surface area (Å²) in [6, 6.07) is 7.85. The van der Waals surface area contributed by atoms with E-state index >= 15 is 0 Å². The first-order valence-electron chi connectivity index (χ1n) is 7.16. The monoisotopic (exact) mass is 419 g/mol. The van der Waals surface area contributed by atoms with Crippen LogP contribution in [0.5, 0.6) is 5.75 Å². The highest BCUT2D eigenvalue weighted by Crippen LogP contribution is 2.39. The van der Waals surface area contributed by atoms with Crippen molar-refractivity contribution in [1.82, 2.24) is 0 Å². The van der Waals surface area contributed by atoms with Gasteiger partial charge >= 0.3 is 0 Å². The highest BCUT2D eigenvalue weighted by atomic mass is 35.5. The molecule has 8 heteroatoms. The molecule has 2 aromatic carbocycles. The molecule has 2 aromatic rings. The summed E-state index contributed by atoms with van der Waals surface area (Å²) >= 11 is 18.4. The largest absolute Gasteiger partial charge is 0.495 e. The van der Waals surface area contributed by atoms with Gasteiger partial charge < -0.3 is 4.74 Å². The molecule has 25 heavy (non-hydrogen) atoms. The summed E-state index contributed by atoms with van der Waals surface area (Å²) in [4.78, 5) is -0.124. The van der Waals surface area contributed by atoms with Crippen molar-refractivity contribution in [3.63, 3.8) is 0 Å². The van der Waals surface area contributed by atoms with Crippen molar-refractivity contribution in [1.29, 1.82) is 0 Å². The summed E-state index contributed by atoms with van der Waals surface area (Å²) in [6.07, 6.45) is 1.48. The summed E-state index contributed by atoms with van der Waals surface area (Å²) in [5, 5.41) is 0.391. The smallest absolute Gasteiger partial charge is 0.266 e. The molecule has 0 bridgehead atoms. The topological polar surface area (TPSA) is 46.6 Å². The van der Waals surface area contributed by atoms with Crippen LogP contribution in [0, 0.1) is 6.92 Å². The lowest BCUT2D eigenvalue weighted by molar-refractivity contribution is 0.414. The number of ether oxygens (including phenoxy) is 1. The standard InChI is InChI=1S/C17H16Cl3NO3S/c1-4-10-21(13-7-5-6-12(18)11(13)2)25(22,23)15-9-8-14(24-3)16(19)17(15)20/h4-9H,1,10H2,2-3H3. The van der Waals surface area contributed by atoms with E-state index in [1.54, 1.807) is 25.1 Å². The minimum atomic E-state index is -4.00. The molecule has 0 spiro atoms. The van der Waals surface area contributed by atoms with Gasteiger partial charge in [-0.15, -0.1) is 6.58 Å². The predicted molar refractivity (Wildman–Crippen MR) is 104 cm³/mol. The molecule has 0 saturated carbocycles. The van der Waals surface area contributed by atoms with E-state index in [1.165, 1.54) is 29.6 Å². The zero-order chi connectivity index (χ0) is 18.8. The molecule has 0 aliphatic heterocycles. The van der Waals surface area contributed by atoms with Gasteiger partial charge in [0.05, 0.1) is 24.4 Å². The molecule has 0 radical (unpaired) electrons. The molecule has 0 heterocycles. The molecule has 0 atom stereocenters. The van der Waals surface area contributed by atoms with Crippen molar-refractivity contribution in [2.24, 2.45) is 0 Å². The van der Waals surface area contributed by atoms with E-state index in [-0.39, 0.29) is 21.5 Å². The highest BCUT2D eigenvalue weighted by Gasteiger charge is 2.29. The first-order valence-corrected chi connectivity index (χ1v) is 9.73. The van der Waals surface area contributed by atoms with Crippen LogP contribution in [0.4, 0.5) is 5.69 Å². The molecule has 2 rings (SSSR count). The molecule has 134 valence electrons. The van der Waals surface area contributed by atoms with Crippen molar-refractivity contribution < 1.29 is 13.2 Å². The van der Waals surface area contributed by atoms with Crippen molar-refractivity contribution in [3.05, 3.63) is 63.6 Å². The molecule has 0 aromatic heterocycles. The van der Waals surface area contributed by atoms with Crippen molar-refractivity contribution >= 4 is 50.5 Å². The van der Waals surface area contributed by atoms with E-state index < -0.39 is 10.0 Å². The summed E-state index contributed by atoms with van der Waals surface area (Å²) in [7, 11) is -2.58. The summed E-state index contributed by atoms with van der Waals surface area (Å²) in [5.74, 6) is 0.292. The number of anilines is 1. The number of nitrogens with zero attached hydrogens (tertiary/aromatic N) is 1. The van der Waals surface area contributed by atoms with E-state index in [4.69, 9.17) is 39.5 Å². The third-order valence-electron chi connectivity index (χ3n) is 3.60. The van der Waals surface area contributed by atoms with Crippen LogP contribution in [0.25, 0.3) is 0 Å². The quantitative estimate of drug-likeness (QED) is 0.592. The summed E-state index contributed by atoms with van der Waals surface area (Å²) < 4.78 is 32.7. The zero-order valence-corrected chi connectivity index (χ0v) is 16.7. The van der Waals surface area contributed by atoms with Gasteiger partial charge in [0.15, 0.2) is 0 Å². The second-order valence-corrected chi connectivity index (χ2v) is 8.10. The Morgan fingerprint density at radius 2 is 1.84 bits per heavy atom. The van der Waals surface area contributed by atoms with Crippen LogP contribution in [0.2, 0.25) is 15.1 Å². The van der Waals surface area contributed by atoms with Crippen LogP contribution in [0.1, 0.15) is 5.56 Å². The van der Waals surface area contributed by atoms with E-state index in [0.29, 0.717) is 22.0 Å². The minimum Gasteiger partial charge on any atom is -0.495 e. The Morgan fingerprint density at radius 3 is 2.44 bits per heavy atom. The third-order valence-corrected chi connectivity index (χ3v) is 6.81. The summed E-state index contributed by atoms with van der Waals surface area (Å²) in [6.45, 7) is 5.42. The van der Waals surface area contributed by atoms with Gasteiger partial charge in [-0.25, -0.2) is 8.42 Å². The van der Waals surface area contributed by atoms with E-state index in [1.807, 2.05) is 0 Å². The van der Waals surface area contributed by atoms with Crippen LogP contribution in [0.3, 0.4) is 0 Å². The van der Waals surface area contributed by atoms with Gasteiger partial charge in [-0.3, -0.25) is 4.31 Å². The number of sulfonamides is 1. The van der Waals surface area contributed by atoms with Gasteiger partial charge in [0, 0.05) is 5.02 Å². The van der Waals surface area contributed by atoms with Gasteiger partial charge in [-0.05, 0) is 36.8 Å². The van der Waals surface area contributed by atoms with Gasteiger partial charge in [-0.1, -0.05) is 46.9 Å². The van der Waals surface area contributed by atoms with E-state index in [9.17, 15) is 8.42 Å². The number of hydrogen-bond donors (Lipinski definition) is 0. The molecule has 0 unspecified atom stereocenters. The Bertz CT molecular complexity index is 914. The van der Waals surface area contributed by atoms with Crippen molar-refractivity contribution in [2.45, 2.75) is 11.8 Å². The Balaban J connectivity index is 2.68. The Hall–Kier alpha value is -1.40. The molecule has 0 fully saturated rings. The fourth-order valence-electron chi connectivity index (χ4n) is 2.30. The second kappa shape index (κ2) is 7.87. The van der Waals surface area contributed by atoms with Gasteiger partial charge in [0.25, 0.3) is 10.0 Å². The third kappa shape index (κ3) is 3.75.